The Morgan fingerprint density at radius 2 is 1.91 bits per heavy atom. The first-order chi connectivity index (χ1) is 11.1. The standard InChI is InChI=1S/C16H16N2O4S/c17-11-13-5-1-2-6-15(13)21-12-14-7-8-16(22-14)23(19,20)18-9-3-4-10-18/h1-2,5-8H,3-4,9-10,12H2. The Labute approximate surface area is 134 Å². The Balaban J connectivity index is 1.71. The third-order valence-corrected chi connectivity index (χ3v) is 5.45. The number of hydrogen-bond acceptors (Lipinski definition) is 5. The molecule has 1 aliphatic rings. The van der Waals surface area contributed by atoms with Crippen molar-refractivity contribution in [2.75, 3.05) is 13.1 Å². The van der Waals surface area contributed by atoms with Gasteiger partial charge >= 0.3 is 0 Å². The lowest BCUT2D eigenvalue weighted by Crippen LogP contribution is -2.27. The van der Waals surface area contributed by atoms with E-state index in [0.717, 1.165) is 12.8 Å². The number of ether oxygens (including phenoxy) is 1. The van der Waals surface area contributed by atoms with Crippen LogP contribution in [-0.2, 0) is 16.6 Å². The summed E-state index contributed by atoms with van der Waals surface area (Å²) in [5.41, 5.74) is 0.420. The van der Waals surface area contributed by atoms with Gasteiger partial charge in [-0.15, -0.1) is 0 Å². The van der Waals surface area contributed by atoms with E-state index in [9.17, 15) is 8.42 Å². The van der Waals surface area contributed by atoms with Crippen molar-refractivity contribution in [1.82, 2.24) is 4.31 Å². The highest BCUT2D eigenvalue weighted by molar-refractivity contribution is 7.89. The van der Waals surface area contributed by atoms with Crippen LogP contribution >= 0.6 is 0 Å². The second-order valence-corrected chi connectivity index (χ2v) is 7.10. The highest BCUT2D eigenvalue weighted by Crippen LogP contribution is 2.24. The third kappa shape index (κ3) is 3.23. The predicted molar refractivity (Wildman–Crippen MR) is 82.2 cm³/mol. The lowest BCUT2D eigenvalue weighted by Gasteiger charge is -2.12. The molecule has 2 aromatic rings. The van der Waals surface area contributed by atoms with Gasteiger partial charge in [-0.25, -0.2) is 8.42 Å². The molecule has 0 aliphatic carbocycles. The molecular weight excluding hydrogens is 316 g/mol. The Morgan fingerprint density at radius 1 is 1.17 bits per heavy atom. The normalized spacial score (nSPS) is 15.4. The fourth-order valence-electron chi connectivity index (χ4n) is 2.46. The molecule has 0 N–H and O–H groups in total. The van der Waals surface area contributed by atoms with E-state index in [0.29, 0.717) is 30.2 Å². The van der Waals surface area contributed by atoms with Crippen LogP contribution in [0.15, 0.2) is 45.9 Å². The van der Waals surface area contributed by atoms with Crippen molar-refractivity contribution >= 4 is 10.0 Å². The number of para-hydroxylation sites is 1. The van der Waals surface area contributed by atoms with Crippen LogP contribution in [0.1, 0.15) is 24.2 Å². The summed E-state index contributed by atoms with van der Waals surface area (Å²) in [6.45, 7) is 1.13. The number of nitriles is 1. The monoisotopic (exact) mass is 332 g/mol. The average molecular weight is 332 g/mol. The van der Waals surface area contributed by atoms with E-state index < -0.39 is 10.0 Å². The van der Waals surface area contributed by atoms with E-state index in [1.165, 1.54) is 10.4 Å². The molecule has 6 nitrogen and oxygen atoms in total. The summed E-state index contributed by atoms with van der Waals surface area (Å²) < 4.78 is 37.1. The second kappa shape index (κ2) is 6.44. The van der Waals surface area contributed by atoms with E-state index >= 15 is 0 Å². The fraction of sp³-hybridized carbons (Fsp3) is 0.312. The Kier molecular flexibility index (Phi) is 4.37. The van der Waals surface area contributed by atoms with Gasteiger partial charge in [0.25, 0.3) is 10.0 Å². The molecule has 1 aromatic heterocycles. The molecule has 0 amide bonds. The maximum Gasteiger partial charge on any atom is 0.276 e. The lowest BCUT2D eigenvalue weighted by atomic mass is 10.2. The van der Waals surface area contributed by atoms with Gasteiger partial charge in [-0.3, -0.25) is 0 Å². The Hall–Kier alpha value is -2.30. The van der Waals surface area contributed by atoms with Gasteiger partial charge in [-0.05, 0) is 37.1 Å². The molecule has 2 heterocycles. The molecule has 1 saturated heterocycles. The molecule has 3 rings (SSSR count). The summed E-state index contributed by atoms with van der Waals surface area (Å²) in [6.07, 6.45) is 1.75. The van der Waals surface area contributed by atoms with Gasteiger partial charge in [-0.1, -0.05) is 12.1 Å². The average Bonchev–Trinajstić information content (AvgIpc) is 3.25. The number of nitrogens with zero attached hydrogens (tertiary/aromatic N) is 2. The predicted octanol–water partition coefficient (Wildman–Crippen LogP) is 2.51. The Bertz CT molecular complexity index is 830. The smallest absolute Gasteiger partial charge is 0.276 e. The quantitative estimate of drug-likeness (QED) is 0.840. The summed E-state index contributed by atoms with van der Waals surface area (Å²) in [5, 5.41) is 8.95. The van der Waals surface area contributed by atoms with Gasteiger partial charge in [-0.2, -0.15) is 9.57 Å². The summed E-state index contributed by atoms with van der Waals surface area (Å²) in [4.78, 5) is 0. The van der Waals surface area contributed by atoms with Gasteiger partial charge in [0.2, 0.25) is 5.09 Å². The molecule has 120 valence electrons. The number of benzene rings is 1. The molecule has 0 radical (unpaired) electrons. The van der Waals surface area contributed by atoms with Gasteiger partial charge < -0.3 is 9.15 Å². The number of rotatable bonds is 5. The zero-order chi connectivity index (χ0) is 16.3. The molecule has 1 aliphatic heterocycles. The van der Waals surface area contributed by atoms with Gasteiger partial charge in [0.05, 0.1) is 5.56 Å². The lowest BCUT2D eigenvalue weighted by molar-refractivity contribution is 0.255. The van der Waals surface area contributed by atoms with Crippen LogP contribution in [0.2, 0.25) is 0 Å². The highest BCUT2D eigenvalue weighted by atomic mass is 32.2. The van der Waals surface area contributed by atoms with Crippen LogP contribution in [0, 0.1) is 11.3 Å². The van der Waals surface area contributed by atoms with E-state index in [1.54, 1.807) is 30.3 Å². The largest absolute Gasteiger partial charge is 0.484 e. The van der Waals surface area contributed by atoms with Crippen molar-refractivity contribution in [2.45, 2.75) is 24.5 Å². The van der Waals surface area contributed by atoms with E-state index in [4.69, 9.17) is 14.4 Å². The molecule has 0 bridgehead atoms. The van der Waals surface area contributed by atoms with E-state index in [-0.39, 0.29) is 11.7 Å². The SMILES string of the molecule is N#Cc1ccccc1OCc1ccc(S(=O)(=O)N2CCCC2)o1. The number of sulfonamides is 1. The van der Waals surface area contributed by atoms with Crippen LogP contribution in [-0.4, -0.2) is 25.8 Å². The van der Waals surface area contributed by atoms with Crippen molar-refractivity contribution in [1.29, 1.82) is 5.26 Å². The van der Waals surface area contributed by atoms with Crippen LogP contribution in [0.4, 0.5) is 0 Å². The van der Waals surface area contributed by atoms with Crippen molar-refractivity contribution in [3.05, 3.63) is 47.7 Å². The van der Waals surface area contributed by atoms with Crippen molar-refractivity contribution in [2.24, 2.45) is 0 Å². The molecule has 0 saturated carbocycles. The summed E-state index contributed by atoms with van der Waals surface area (Å²) in [7, 11) is -3.55. The first-order valence-corrected chi connectivity index (χ1v) is 8.76. The Morgan fingerprint density at radius 3 is 2.65 bits per heavy atom. The zero-order valence-electron chi connectivity index (χ0n) is 12.4. The minimum Gasteiger partial charge on any atom is -0.484 e. The fourth-order valence-corrected chi connectivity index (χ4v) is 3.91. The third-order valence-electron chi connectivity index (χ3n) is 3.67. The van der Waals surface area contributed by atoms with Crippen molar-refractivity contribution < 1.29 is 17.6 Å². The second-order valence-electron chi connectivity index (χ2n) is 5.23. The zero-order valence-corrected chi connectivity index (χ0v) is 13.3. The van der Waals surface area contributed by atoms with E-state index in [2.05, 4.69) is 0 Å². The van der Waals surface area contributed by atoms with Crippen LogP contribution < -0.4 is 4.74 Å². The van der Waals surface area contributed by atoms with Crippen LogP contribution in [0.25, 0.3) is 0 Å². The van der Waals surface area contributed by atoms with E-state index in [1.807, 2.05) is 6.07 Å². The number of hydrogen-bond donors (Lipinski definition) is 0. The molecule has 1 fully saturated rings. The first kappa shape index (κ1) is 15.6. The molecule has 0 atom stereocenters. The first-order valence-electron chi connectivity index (χ1n) is 7.32. The molecular formula is C16H16N2O4S. The van der Waals surface area contributed by atoms with Gasteiger partial charge in [0.1, 0.15) is 24.2 Å². The molecule has 0 unspecified atom stereocenters. The molecule has 1 aromatic carbocycles. The summed E-state index contributed by atoms with van der Waals surface area (Å²) >= 11 is 0. The minimum atomic E-state index is -3.55. The van der Waals surface area contributed by atoms with Crippen LogP contribution in [0.3, 0.4) is 0 Å². The summed E-state index contributed by atoms with van der Waals surface area (Å²) in [6, 6.07) is 11.9. The number of furan rings is 1. The molecule has 0 spiro atoms. The topological polar surface area (TPSA) is 83.5 Å². The minimum absolute atomic E-state index is 0.0634. The maximum atomic E-state index is 12.4. The van der Waals surface area contributed by atoms with Gasteiger partial charge in [0.15, 0.2) is 0 Å². The maximum absolute atomic E-state index is 12.4. The summed E-state index contributed by atoms with van der Waals surface area (Å²) in [5.74, 6) is 0.839. The van der Waals surface area contributed by atoms with Crippen LogP contribution in [0.5, 0.6) is 5.75 Å². The van der Waals surface area contributed by atoms with Crippen molar-refractivity contribution in [3.8, 4) is 11.8 Å². The molecule has 23 heavy (non-hydrogen) atoms. The highest BCUT2D eigenvalue weighted by Gasteiger charge is 2.29. The van der Waals surface area contributed by atoms with Crippen molar-refractivity contribution in [3.63, 3.8) is 0 Å². The molecule has 7 heteroatoms. The van der Waals surface area contributed by atoms with Gasteiger partial charge in [0, 0.05) is 13.1 Å².